The smallest absolute Gasteiger partial charge is 0.323 e. The number of carboxylic acids is 1. The van der Waals surface area contributed by atoms with Gasteiger partial charge in [-0.3, -0.25) is 9.59 Å². The molecule has 29 heavy (non-hydrogen) atoms. The van der Waals surface area contributed by atoms with Crippen molar-refractivity contribution in [1.82, 2.24) is 9.13 Å². The normalized spacial score (nSPS) is 13.8. The van der Waals surface area contributed by atoms with Crippen LogP contribution >= 0.6 is 0 Å². The van der Waals surface area contributed by atoms with Crippen LogP contribution < -0.4 is 5.56 Å². The van der Waals surface area contributed by atoms with Crippen LogP contribution in [-0.2, 0) is 24.2 Å². The molecular formula is C23H25FN2O3. The summed E-state index contributed by atoms with van der Waals surface area (Å²) in [6, 6.07) is 4.46. The fraction of sp³-hybridized carbons (Fsp3) is 0.391. The van der Waals surface area contributed by atoms with Crippen molar-refractivity contribution in [3.63, 3.8) is 0 Å². The van der Waals surface area contributed by atoms with Crippen LogP contribution in [0, 0.1) is 12.7 Å². The number of hydrogen-bond acceptors (Lipinski definition) is 2. The largest absolute Gasteiger partial charge is 0.480 e. The minimum absolute atomic E-state index is 0.00196. The molecule has 0 atom stereocenters. The highest BCUT2D eigenvalue weighted by Gasteiger charge is 2.25. The van der Waals surface area contributed by atoms with Crippen molar-refractivity contribution in [1.29, 1.82) is 0 Å². The zero-order valence-electron chi connectivity index (χ0n) is 17.0. The Bertz CT molecular complexity index is 1190. The van der Waals surface area contributed by atoms with E-state index in [1.165, 1.54) is 12.1 Å². The van der Waals surface area contributed by atoms with Crippen LogP contribution in [0.4, 0.5) is 4.39 Å². The molecule has 2 aromatic heterocycles. The molecule has 0 saturated carbocycles. The van der Waals surface area contributed by atoms with Crippen molar-refractivity contribution in [2.24, 2.45) is 0 Å². The number of halogens is 1. The van der Waals surface area contributed by atoms with Gasteiger partial charge >= 0.3 is 5.97 Å². The molecule has 4 rings (SSSR count). The minimum Gasteiger partial charge on any atom is -0.480 e. The summed E-state index contributed by atoms with van der Waals surface area (Å²) in [7, 11) is 0. The van der Waals surface area contributed by atoms with Crippen molar-refractivity contribution in [2.45, 2.75) is 59.0 Å². The summed E-state index contributed by atoms with van der Waals surface area (Å²) in [6.07, 6.45) is 5.43. The van der Waals surface area contributed by atoms with Gasteiger partial charge in [0.25, 0.3) is 5.56 Å². The Morgan fingerprint density at radius 3 is 2.55 bits per heavy atom. The third kappa shape index (κ3) is 3.16. The van der Waals surface area contributed by atoms with Gasteiger partial charge in [-0.15, -0.1) is 0 Å². The van der Waals surface area contributed by atoms with E-state index >= 15 is 0 Å². The Balaban J connectivity index is 2.11. The average Bonchev–Trinajstić information content (AvgIpc) is 2.93. The van der Waals surface area contributed by atoms with Crippen LogP contribution in [-0.4, -0.2) is 20.2 Å². The van der Waals surface area contributed by atoms with Gasteiger partial charge in [0, 0.05) is 45.5 Å². The van der Waals surface area contributed by atoms with E-state index in [9.17, 15) is 19.1 Å². The quantitative estimate of drug-likeness (QED) is 0.708. The molecule has 0 radical (unpaired) electrons. The molecular weight excluding hydrogens is 371 g/mol. The molecule has 0 bridgehead atoms. The topological polar surface area (TPSA) is 64.2 Å². The average molecular weight is 396 g/mol. The number of carbonyl (C=O) groups is 1. The van der Waals surface area contributed by atoms with Crippen molar-refractivity contribution in [3.05, 3.63) is 57.4 Å². The first-order valence-electron chi connectivity index (χ1n) is 10.1. The van der Waals surface area contributed by atoms with E-state index in [0.717, 1.165) is 53.6 Å². The second-order valence-electron chi connectivity index (χ2n) is 8.11. The van der Waals surface area contributed by atoms with Gasteiger partial charge in [0.2, 0.25) is 0 Å². The molecule has 0 spiro atoms. The molecule has 2 heterocycles. The highest BCUT2D eigenvalue weighted by molar-refractivity contribution is 5.99. The zero-order valence-corrected chi connectivity index (χ0v) is 17.0. The predicted octanol–water partition coefficient (Wildman–Crippen LogP) is 4.46. The van der Waals surface area contributed by atoms with Gasteiger partial charge in [0.1, 0.15) is 12.4 Å². The SMILES string of the molecule is Cc1c(-c2cn(C(C)C)c(=O)c3c2CCCC3)c2cc(F)ccc2n1CC(=O)O. The maximum atomic E-state index is 14.2. The first-order valence-corrected chi connectivity index (χ1v) is 10.1. The first-order chi connectivity index (χ1) is 13.8. The standard InChI is InChI=1S/C23H25FN2O3/c1-13(2)25-11-19(16-6-4-5-7-17(16)23(25)29)22-14(3)26(12-21(27)28)20-9-8-15(24)10-18(20)22/h8-11,13H,4-7,12H2,1-3H3,(H,27,28). The number of nitrogens with zero attached hydrogens (tertiary/aromatic N) is 2. The number of aliphatic carboxylic acids is 1. The molecule has 0 amide bonds. The van der Waals surface area contributed by atoms with Gasteiger partial charge in [-0.1, -0.05) is 0 Å². The zero-order chi connectivity index (χ0) is 20.9. The molecule has 1 aromatic carbocycles. The predicted molar refractivity (Wildman–Crippen MR) is 111 cm³/mol. The summed E-state index contributed by atoms with van der Waals surface area (Å²) in [5.41, 5.74) is 5.13. The van der Waals surface area contributed by atoms with E-state index in [0.29, 0.717) is 10.9 Å². The van der Waals surface area contributed by atoms with Crippen LogP contribution in [0.3, 0.4) is 0 Å². The number of pyridine rings is 1. The second-order valence-corrected chi connectivity index (χ2v) is 8.11. The molecule has 0 saturated heterocycles. The molecule has 3 aromatic rings. The van der Waals surface area contributed by atoms with E-state index in [2.05, 4.69) is 0 Å². The van der Waals surface area contributed by atoms with Crippen molar-refractivity contribution < 1.29 is 14.3 Å². The van der Waals surface area contributed by atoms with Crippen LogP contribution in [0.15, 0.2) is 29.2 Å². The molecule has 0 unspecified atom stereocenters. The lowest BCUT2D eigenvalue weighted by atomic mass is 9.86. The minimum atomic E-state index is -0.949. The monoisotopic (exact) mass is 396 g/mol. The summed E-state index contributed by atoms with van der Waals surface area (Å²) in [5, 5.41) is 10.1. The summed E-state index contributed by atoms with van der Waals surface area (Å²) < 4.78 is 17.6. The third-order valence-corrected chi connectivity index (χ3v) is 5.96. The Morgan fingerprint density at radius 2 is 1.90 bits per heavy atom. The van der Waals surface area contributed by atoms with Crippen LogP contribution in [0.2, 0.25) is 0 Å². The number of aromatic nitrogens is 2. The lowest BCUT2D eigenvalue weighted by molar-refractivity contribution is -0.137. The lowest BCUT2D eigenvalue weighted by Crippen LogP contribution is -2.28. The second kappa shape index (κ2) is 7.17. The molecule has 1 aliphatic rings. The lowest BCUT2D eigenvalue weighted by Gasteiger charge is -2.23. The number of carboxylic acid groups (broad SMARTS) is 1. The van der Waals surface area contributed by atoms with Crippen molar-refractivity contribution in [3.8, 4) is 11.1 Å². The highest BCUT2D eigenvalue weighted by Crippen LogP contribution is 2.39. The first kappa shape index (κ1) is 19.4. The Hall–Kier alpha value is -2.89. The molecule has 1 aliphatic carbocycles. The van der Waals surface area contributed by atoms with Gasteiger partial charge in [-0.2, -0.15) is 0 Å². The number of fused-ring (bicyclic) bond motifs is 2. The van der Waals surface area contributed by atoms with Crippen LogP contribution in [0.25, 0.3) is 22.0 Å². The Morgan fingerprint density at radius 1 is 1.21 bits per heavy atom. The Labute approximate surface area is 168 Å². The van der Waals surface area contributed by atoms with Crippen LogP contribution in [0.1, 0.15) is 49.6 Å². The van der Waals surface area contributed by atoms with Crippen molar-refractivity contribution >= 4 is 16.9 Å². The van der Waals surface area contributed by atoms with Gasteiger partial charge < -0.3 is 14.2 Å². The molecule has 6 heteroatoms. The highest BCUT2D eigenvalue weighted by atomic mass is 19.1. The van der Waals surface area contributed by atoms with Gasteiger partial charge in [-0.25, -0.2) is 4.39 Å². The molecule has 0 aliphatic heterocycles. The van der Waals surface area contributed by atoms with E-state index < -0.39 is 5.97 Å². The van der Waals surface area contributed by atoms with E-state index in [1.54, 1.807) is 15.2 Å². The maximum Gasteiger partial charge on any atom is 0.323 e. The number of benzene rings is 1. The fourth-order valence-corrected chi connectivity index (χ4v) is 4.60. The van der Waals surface area contributed by atoms with Crippen molar-refractivity contribution in [2.75, 3.05) is 0 Å². The summed E-state index contributed by atoms with van der Waals surface area (Å²) in [5.74, 6) is -1.31. The molecule has 152 valence electrons. The van der Waals surface area contributed by atoms with Crippen LogP contribution in [0.5, 0.6) is 0 Å². The molecule has 0 fully saturated rings. The maximum absolute atomic E-state index is 14.2. The van der Waals surface area contributed by atoms with Gasteiger partial charge in [-0.05, 0) is 70.2 Å². The molecule has 1 N–H and O–H groups in total. The number of hydrogen-bond donors (Lipinski definition) is 1. The van der Waals surface area contributed by atoms with E-state index in [4.69, 9.17) is 0 Å². The number of rotatable bonds is 4. The van der Waals surface area contributed by atoms with Gasteiger partial charge in [0.05, 0.1) is 0 Å². The third-order valence-electron chi connectivity index (χ3n) is 5.96. The van der Waals surface area contributed by atoms with Gasteiger partial charge in [0.15, 0.2) is 0 Å². The van der Waals surface area contributed by atoms with E-state index in [-0.39, 0.29) is 24.0 Å². The fourth-order valence-electron chi connectivity index (χ4n) is 4.60. The van der Waals surface area contributed by atoms with E-state index in [1.807, 2.05) is 27.0 Å². The molecule has 5 nitrogen and oxygen atoms in total. The summed E-state index contributed by atoms with van der Waals surface area (Å²) in [4.78, 5) is 24.5. The summed E-state index contributed by atoms with van der Waals surface area (Å²) >= 11 is 0. The summed E-state index contributed by atoms with van der Waals surface area (Å²) in [6.45, 7) is 5.62. The Kier molecular flexibility index (Phi) is 4.81.